The van der Waals surface area contributed by atoms with Gasteiger partial charge in [0.15, 0.2) is 17.6 Å². The summed E-state index contributed by atoms with van der Waals surface area (Å²) in [6.45, 7) is 5.30. The maximum atomic E-state index is 11.7. The predicted octanol–water partition coefficient (Wildman–Crippen LogP) is 1.35. The number of ether oxygens (including phenoxy) is 2. The number of carbonyl (C=O) groups excluding carboxylic acids is 1. The monoisotopic (exact) mass is 267 g/mol. The van der Waals surface area contributed by atoms with Crippen molar-refractivity contribution in [1.29, 1.82) is 0 Å². The molecule has 1 rings (SSSR count). The first kappa shape index (κ1) is 15.3. The Labute approximate surface area is 113 Å². The van der Waals surface area contributed by atoms with Gasteiger partial charge in [-0.2, -0.15) is 0 Å². The van der Waals surface area contributed by atoms with Gasteiger partial charge in [-0.3, -0.25) is 4.79 Å². The van der Waals surface area contributed by atoms with E-state index >= 15 is 0 Å². The molecule has 0 heterocycles. The predicted molar refractivity (Wildman–Crippen MR) is 72.4 cm³/mol. The summed E-state index contributed by atoms with van der Waals surface area (Å²) in [5.41, 5.74) is 0. The maximum Gasteiger partial charge on any atom is 0.252 e. The number of rotatable bonds is 6. The lowest BCUT2D eigenvalue weighted by Gasteiger charge is -2.22. The molecule has 1 amide bonds. The van der Waals surface area contributed by atoms with Crippen LogP contribution in [0.5, 0.6) is 11.5 Å². The number of hydrogen-bond acceptors (Lipinski definition) is 4. The number of aliphatic hydroxyl groups is 1. The van der Waals surface area contributed by atoms with Gasteiger partial charge < -0.3 is 19.9 Å². The molecule has 0 aliphatic carbocycles. The number of methoxy groups -OCH3 is 1. The molecule has 106 valence electrons. The van der Waals surface area contributed by atoms with Crippen molar-refractivity contribution in [3.05, 3.63) is 24.3 Å². The Balaban J connectivity index is 2.68. The molecule has 0 fully saturated rings. The first-order chi connectivity index (χ1) is 8.95. The highest BCUT2D eigenvalue weighted by Gasteiger charge is 2.25. The topological polar surface area (TPSA) is 67.8 Å². The number of hydrogen-bond donors (Lipinski definition) is 2. The average Bonchev–Trinajstić information content (AvgIpc) is 2.37. The Bertz CT molecular complexity index is 420. The van der Waals surface area contributed by atoms with Crippen molar-refractivity contribution in [2.45, 2.75) is 39.0 Å². The Hall–Kier alpha value is -1.75. The van der Waals surface area contributed by atoms with Crippen molar-refractivity contribution >= 4 is 5.91 Å². The summed E-state index contributed by atoms with van der Waals surface area (Å²) in [6, 6.07) is 7.06. The number of amides is 1. The van der Waals surface area contributed by atoms with Gasteiger partial charge in [-0.1, -0.05) is 12.1 Å². The van der Waals surface area contributed by atoms with Crippen molar-refractivity contribution in [2.24, 2.45) is 0 Å². The zero-order valence-electron chi connectivity index (χ0n) is 11.7. The van der Waals surface area contributed by atoms with E-state index in [1.54, 1.807) is 25.1 Å². The molecule has 0 saturated heterocycles. The summed E-state index contributed by atoms with van der Waals surface area (Å²) < 4.78 is 10.7. The Morgan fingerprint density at radius 3 is 2.32 bits per heavy atom. The molecule has 0 aliphatic rings. The second kappa shape index (κ2) is 6.99. The largest absolute Gasteiger partial charge is 0.493 e. The summed E-state index contributed by atoms with van der Waals surface area (Å²) >= 11 is 0. The van der Waals surface area contributed by atoms with Crippen LogP contribution in [0.4, 0.5) is 0 Å². The van der Waals surface area contributed by atoms with Gasteiger partial charge in [-0.05, 0) is 32.9 Å². The van der Waals surface area contributed by atoms with E-state index in [1.165, 1.54) is 7.11 Å². The highest BCUT2D eigenvalue weighted by molar-refractivity contribution is 5.81. The average molecular weight is 267 g/mol. The zero-order valence-corrected chi connectivity index (χ0v) is 11.7. The molecule has 0 bridgehead atoms. The number of para-hydroxylation sites is 2. The van der Waals surface area contributed by atoms with Crippen LogP contribution in [0, 0.1) is 0 Å². The molecule has 19 heavy (non-hydrogen) atoms. The molecular formula is C14H21NO4. The Morgan fingerprint density at radius 1 is 1.21 bits per heavy atom. The van der Waals surface area contributed by atoms with Gasteiger partial charge in [0.05, 0.1) is 7.11 Å². The zero-order chi connectivity index (χ0) is 14.4. The molecule has 0 saturated carbocycles. The van der Waals surface area contributed by atoms with Crippen LogP contribution < -0.4 is 14.8 Å². The summed E-state index contributed by atoms with van der Waals surface area (Å²) in [4.78, 5) is 11.7. The number of benzene rings is 1. The van der Waals surface area contributed by atoms with E-state index in [9.17, 15) is 9.90 Å². The molecule has 5 nitrogen and oxygen atoms in total. The molecule has 2 atom stereocenters. The molecule has 0 aliphatic heterocycles. The maximum absolute atomic E-state index is 11.7. The lowest BCUT2D eigenvalue weighted by Crippen LogP contribution is -2.45. The fraction of sp³-hybridized carbons (Fsp3) is 0.500. The van der Waals surface area contributed by atoms with Crippen molar-refractivity contribution in [3.63, 3.8) is 0 Å². The van der Waals surface area contributed by atoms with Crippen LogP contribution in [-0.4, -0.2) is 36.4 Å². The molecule has 0 radical (unpaired) electrons. The van der Waals surface area contributed by atoms with Gasteiger partial charge in [0.2, 0.25) is 0 Å². The lowest BCUT2D eigenvalue weighted by atomic mass is 10.2. The Kier molecular flexibility index (Phi) is 5.63. The van der Waals surface area contributed by atoms with Crippen LogP contribution in [0.15, 0.2) is 24.3 Å². The summed E-state index contributed by atoms with van der Waals surface area (Å²) in [7, 11) is 1.54. The first-order valence-electron chi connectivity index (χ1n) is 6.23. The van der Waals surface area contributed by atoms with Gasteiger partial charge in [0, 0.05) is 6.04 Å². The fourth-order valence-corrected chi connectivity index (χ4v) is 1.56. The van der Waals surface area contributed by atoms with E-state index in [1.807, 2.05) is 19.9 Å². The highest BCUT2D eigenvalue weighted by atomic mass is 16.5. The van der Waals surface area contributed by atoms with Gasteiger partial charge in [0.1, 0.15) is 6.10 Å². The minimum Gasteiger partial charge on any atom is -0.493 e. The lowest BCUT2D eigenvalue weighted by molar-refractivity contribution is -0.134. The molecular weight excluding hydrogens is 246 g/mol. The van der Waals surface area contributed by atoms with Gasteiger partial charge in [-0.15, -0.1) is 0 Å². The van der Waals surface area contributed by atoms with Gasteiger partial charge in [-0.25, -0.2) is 0 Å². The summed E-state index contributed by atoms with van der Waals surface area (Å²) in [5, 5.41) is 12.5. The van der Waals surface area contributed by atoms with Crippen LogP contribution >= 0.6 is 0 Å². The van der Waals surface area contributed by atoms with Gasteiger partial charge >= 0.3 is 0 Å². The quantitative estimate of drug-likeness (QED) is 0.816. The minimum absolute atomic E-state index is 0.0272. The second-order valence-electron chi connectivity index (χ2n) is 4.58. The van der Waals surface area contributed by atoms with Crippen LogP contribution in [-0.2, 0) is 4.79 Å². The van der Waals surface area contributed by atoms with E-state index < -0.39 is 18.1 Å². The van der Waals surface area contributed by atoms with E-state index in [0.29, 0.717) is 11.5 Å². The fourth-order valence-electron chi connectivity index (χ4n) is 1.56. The highest BCUT2D eigenvalue weighted by Crippen LogP contribution is 2.27. The molecule has 2 N–H and O–H groups in total. The molecule has 0 spiro atoms. The minimum atomic E-state index is -1.23. The number of carbonyl (C=O) groups is 1. The van der Waals surface area contributed by atoms with E-state index in [0.717, 1.165) is 0 Å². The van der Waals surface area contributed by atoms with E-state index in [-0.39, 0.29) is 6.04 Å². The Morgan fingerprint density at radius 2 is 1.79 bits per heavy atom. The number of aliphatic hydroxyl groups excluding tert-OH is 1. The van der Waals surface area contributed by atoms with E-state index in [4.69, 9.17) is 9.47 Å². The third-order valence-electron chi connectivity index (χ3n) is 2.53. The molecule has 1 aromatic carbocycles. The van der Waals surface area contributed by atoms with Crippen LogP contribution in [0.25, 0.3) is 0 Å². The van der Waals surface area contributed by atoms with Crippen LogP contribution in [0.1, 0.15) is 20.8 Å². The van der Waals surface area contributed by atoms with Crippen molar-refractivity contribution in [3.8, 4) is 11.5 Å². The second-order valence-corrected chi connectivity index (χ2v) is 4.58. The molecule has 5 heteroatoms. The SMILES string of the molecule is COc1ccccc1OC(C)C(O)C(=O)NC(C)C. The van der Waals surface area contributed by atoms with E-state index in [2.05, 4.69) is 5.32 Å². The molecule has 0 aromatic heterocycles. The smallest absolute Gasteiger partial charge is 0.252 e. The van der Waals surface area contributed by atoms with Crippen molar-refractivity contribution < 1.29 is 19.4 Å². The third-order valence-corrected chi connectivity index (χ3v) is 2.53. The van der Waals surface area contributed by atoms with Crippen molar-refractivity contribution in [2.75, 3.05) is 7.11 Å². The van der Waals surface area contributed by atoms with Crippen molar-refractivity contribution in [1.82, 2.24) is 5.32 Å². The van der Waals surface area contributed by atoms with Gasteiger partial charge in [0.25, 0.3) is 5.91 Å². The first-order valence-corrected chi connectivity index (χ1v) is 6.23. The normalized spacial score (nSPS) is 13.8. The standard InChI is InChI=1S/C14H21NO4/c1-9(2)15-14(17)13(16)10(3)19-12-8-6-5-7-11(12)18-4/h5-10,13,16H,1-4H3,(H,15,17). The van der Waals surface area contributed by atoms with Crippen LogP contribution in [0.2, 0.25) is 0 Å². The summed E-state index contributed by atoms with van der Waals surface area (Å²) in [5.74, 6) is 0.608. The summed E-state index contributed by atoms with van der Waals surface area (Å²) in [6.07, 6.45) is -1.90. The third kappa shape index (κ3) is 4.44. The number of nitrogens with one attached hydrogen (secondary N) is 1. The molecule has 1 aromatic rings. The molecule has 2 unspecified atom stereocenters. The van der Waals surface area contributed by atoms with Crippen LogP contribution in [0.3, 0.4) is 0 Å².